The molecule has 8 heteroatoms. The Balaban J connectivity index is 1.68. The van der Waals surface area contributed by atoms with Crippen LogP contribution in [0.15, 0.2) is 53.4 Å². The standard InChI is InChI=1S/C18H16N2O5S/c1-12(21)13-5-4-6-14(11-13)19-17(22)9-10-20-18(23)15-7-2-3-8-16(15)26(20,24)25/h2-8,11H,9-10H2,1H3,(H,19,22). The van der Waals surface area contributed by atoms with Gasteiger partial charge in [0.1, 0.15) is 4.90 Å². The van der Waals surface area contributed by atoms with Gasteiger partial charge in [0.2, 0.25) is 5.91 Å². The molecule has 7 nitrogen and oxygen atoms in total. The molecule has 2 amide bonds. The van der Waals surface area contributed by atoms with Crippen LogP contribution in [0.1, 0.15) is 34.1 Å². The van der Waals surface area contributed by atoms with Crippen LogP contribution in [-0.4, -0.2) is 36.9 Å². The number of amides is 2. The van der Waals surface area contributed by atoms with Crippen molar-refractivity contribution in [3.63, 3.8) is 0 Å². The molecule has 0 bridgehead atoms. The van der Waals surface area contributed by atoms with E-state index in [1.165, 1.54) is 25.1 Å². The molecular formula is C18H16N2O5S. The van der Waals surface area contributed by atoms with Gasteiger partial charge in [-0.2, -0.15) is 0 Å². The minimum atomic E-state index is -3.92. The third-order valence-electron chi connectivity index (χ3n) is 4.01. The molecule has 2 aromatic rings. The van der Waals surface area contributed by atoms with Crippen molar-refractivity contribution in [2.45, 2.75) is 18.2 Å². The van der Waals surface area contributed by atoms with Crippen molar-refractivity contribution in [1.29, 1.82) is 0 Å². The van der Waals surface area contributed by atoms with Crippen molar-refractivity contribution in [1.82, 2.24) is 4.31 Å². The topological polar surface area (TPSA) is 101 Å². The van der Waals surface area contributed by atoms with Crippen molar-refractivity contribution in [2.24, 2.45) is 0 Å². The van der Waals surface area contributed by atoms with Gasteiger partial charge in [-0.1, -0.05) is 24.3 Å². The predicted molar refractivity (Wildman–Crippen MR) is 94.4 cm³/mol. The SMILES string of the molecule is CC(=O)c1cccc(NC(=O)CCN2C(=O)c3ccccc3S2(=O)=O)c1. The minimum absolute atomic E-state index is 0.0421. The molecule has 0 radical (unpaired) electrons. The quantitative estimate of drug-likeness (QED) is 0.810. The van der Waals surface area contributed by atoms with E-state index in [0.29, 0.717) is 15.6 Å². The maximum Gasteiger partial charge on any atom is 0.269 e. The second-order valence-corrected chi connectivity index (χ2v) is 7.64. The van der Waals surface area contributed by atoms with Crippen LogP contribution in [0.25, 0.3) is 0 Å². The van der Waals surface area contributed by atoms with E-state index in [9.17, 15) is 22.8 Å². The number of Topliss-reactive ketones (excluding diaryl/α,β-unsaturated/α-hetero) is 1. The molecule has 0 saturated heterocycles. The van der Waals surface area contributed by atoms with Gasteiger partial charge in [0, 0.05) is 24.2 Å². The fourth-order valence-electron chi connectivity index (χ4n) is 2.69. The number of fused-ring (bicyclic) bond motifs is 1. The van der Waals surface area contributed by atoms with E-state index in [4.69, 9.17) is 0 Å². The maximum absolute atomic E-state index is 12.4. The minimum Gasteiger partial charge on any atom is -0.326 e. The largest absolute Gasteiger partial charge is 0.326 e. The highest BCUT2D eigenvalue weighted by Gasteiger charge is 2.40. The summed E-state index contributed by atoms with van der Waals surface area (Å²) < 4.78 is 25.6. The third-order valence-corrected chi connectivity index (χ3v) is 5.85. The number of anilines is 1. The zero-order chi connectivity index (χ0) is 18.9. The molecule has 0 atom stereocenters. The summed E-state index contributed by atoms with van der Waals surface area (Å²) in [5.41, 5.74) is 0.999. The van der Waals surface area contributed by atoms with Crippen LogP contribution in [-0.2, 0) is 14.8 Å². The first-order valence-corrected chi connectivity index (χ1v) is 9.31. The zero-order valence-electron chi connectivity index (χ0n) is 13.9. The summed E-state index contributed by atoms with van der Waals surface area (Å²) in [6, 6.07) is 12.4. The number of rotatable bonds is 5. The summed E-state index contributed by atoms with van der Waals surface area (Å²) in [4.78, 5) is 35.7. The molecule has 0 saturated carbocycles. The van der Waals surface area contributed by atoms with Crippen LogP contribution in [0.2, 0.25) is 0 Å². The zero-order valence-corrected chi connectivity index (χ0v) is 14.7. The molecule has 1 N–H and O–H groups in total. The molecule has 1 aliphatic rings. The second kappa shape index (κ2) is 6.72. The molecule has 3 rings (SSSR count). The average molecular weight is 372 g/mol. The molecule has 134 valence electrons. The lowest BCUT2D eigenvalue weighted by atomic mass is 10.1. The molecule has 0 aromatic heterocycles. The van der Waals surface area contributed by atoms with Crippen LogP contribution in [0.4, 0.5) is 5.69 Å². The average Bonchev–Trinajstić information content (AvgIpc) is 2.80. The van der Waals surface area contributed by atoms with Crippen molar-refractivity contribution in [2.75, 3.05) is 11.9 Å². The highest BCUT2D eigenvalue weighted by Crippen LogP contribution is 2.29. The van der Waals surface area contributed by atoms with Crippen LogP contribution >= 0.6 is 0 Å². The Morgan fingerprint density at radius 3 is 2.50 bits per heavy atom. The number of benzene rings is 2. The van der Waals surface area contributed by atoms with Crippen LogP contribution < -0.4 is 5.32 Å². The van der Waals surface area contributed by atoms with Crippen molar-refractivity contribution in [3.8, 4) is 0 Å². The van der Waals surface area contributed by atoms with E-state index in [-0.39, 0.29) is 29.2 Å². The van der Waals surface area contributed by atoms with Gasteiger partial charge in [0.25, 0.3) is 15.9 Å². The summed E-state index contributed by atoms with van der Waals surface area (Å²) in [6.45, 7) is 1.16. The Kier molecular flexibility index (Phi) is 4.60. The lowest BCUT2D eigenvalue weighted by Crippen LogP contribution is -2.33. The van der Waals surface area contributed by atoms with Crippen molar-refractivity contribution >= 4 is 33.3 Å². The van der Waals surface area contributed by atoms with E-state index in [1.54, 1.807) is 30.3 Å². The first-order valence-electron chi connectivity index (χ1n) is 7.87. The summed E-state index contributed by atoms with van der Waals surface area (Å²) in [5, 5.41) is 2.60. The van der Waals surface area contributed by atoms with Gasteiger partial charge < -0.3 is 5.32 Å². The number of hydrogen-bond donors (Lipinski definition) is 1. The first kappa shape index (κ1) is 17.8. The van der Waals surface area contributed by atoms with Crippen molar-refractivity contribution in [3.05, 3.63) is 59.7 Å². The van der Waals surface area contributed by atoms with E-state index in [0.717, 1.165) is 0 Å². The molecule has 1 aliphatic heterocycles. The van der Waals surface area contributed by atoms with Gasteiger partial charge in [-0.3, -0.25) is 14.4 Å². The van der Waals surface area contributed by atoms with Gasteiger partial charge in [-0.05, 0) is 31.2 Å². The van der Waals surface area contributed by atoms with Gasteiger partial charge in [-0.15, -0.1) is 0 Å². The number of ketones is 1. The van der Waals surface area contributed by atoms with Gasteiger partial charge >= 0.3 is 0 Å². The number of nitrogens with one attached hydrogen (secondary N) is 1. The Morgan fingerprint density at radius 2 is 1.81 bits per heavy atom. The van der Waals surface area contributed by atoms with E-state index >= 15 is 0 Å². The summed E-state index contributed by atoms with van der Waals surface area (Å²) in [6.07, 6.45) is -0.191. The van der Waals surface area contributed by atoms with E-state index in [1.807, 2.05) is 0 Å². The monoisotopic (exact) mass is 372 g/mol. The predicted octanol–water partition coefficient (Wildman–Crippen LogP) is 2.06. The normalized spacial score (nSPS) is 14.8. The van der Waals surface area contributed by atoms with Gasteiger partial charge in [-0.25, -0.2) is 12.7 Å². The lowest BCUT2D eigenvalue weighted by molar-refractivity contribution is -0.116. The molecular weight excluding hydrogens is 356 g/mol. The molecule has 0 fully saturated rings. The number of sulfonamides is 1. The molecule has 2 aromatic carbocycles. The smallest absolute Gasteiger partial charge is 0.269 e. The Hall–Kier alpha value is -3.00. The fraction of sp³-hybridized carbons (Fsp3) is 0.167. The molecule has 1 heterocycles. The fourth-order valence-corrected chi connectivity index (χ4v) is 4.26. The highest BCUT2D eigenvalue weighted by molar-refractivity contribution is 7.90. The Labute approximate surface area is 150 Å². The first-order chi connectivity index (χ1) is 12.3. The molecule has 26 heavy (non-hydrogen) atoms. The number of carbonyl (C=O) groups excluding carboxylic acids is 3. The van der Waals surface area contributed by atoms with Crippen LogP contribution in [0.5, 0.6) is 0 Å². The number of hydrogen-bond acceptors (Lipinski definition) is 5. The van der Waals surface area contributed by atoms with Crippen LogP contribution in [0, 0.1) is 0 Å². The van der Waals surface area contributed by atoms with E-state index in [2.05, 4.69) is 5.32 Å². The molecule has 0 unspecified atom stereocenters. The molecule has 0 spiro atoms. The number of nitrogens with zero attached hydrogens (tertiary/aromatic N) is 1. The van der Waals surface area contributed by atoms with Crippen LogP contribution in [0.3, 0.4) is 0 Å². The van der Waals surface area contributed by atoms with Gasteiger partial charge in [0.05, 0.1) is 5.56 Å². The highest BCUT2D eigenvalue weighted by atomic mass is 32.2. The van der Waals surface area contributed by atoms with Gasteiger partial charge in [0.15, 0.2) is 5.78 Å². The summed E-state index contributed by atoms with van der Waals surface area (Å²) in [7, 11) is -3.92. The number of carbonyl (C=O) groups is 3. The second-order valence-electron chi connectivity index (χ2n) is 5.81. The third kappa shape index (κ3) is 3.23. The Bertz CT molecular complexity index is 1010. The van der Waals surface area contributed by atoms with Crippen molar-refractivity contribution < 1.29 is 22.8 Å². The summed E-state index contributed by atoms with van der Waals surface area (Å²) in [5.74, 6) is -1.22. The van der Waals surface area contributed by atoms with E-state index < -0.39 is 21.8 Å². The maximum atomic E-state index is 12.4. The Morgan fingerprint density at radius 1 is 1.08 bits per heavy atom. The molecule has 0 aliphatic carbocycles. The summed E-state index contributed by atoms with van der Waals surface area (Å²) >= 11 is 0. The lowest BCUT2D eigenvalue weighted by Gasteiger charge is -2.14.